The first-order chi connectivity index (χ1) is 8.11. The van der Waals surface area contributed by atoms with Crippen LogP contribution in [0.3, 0.4) is 0 Å². The largest absolute Gasteiger partial charge is 0.396 e. The average molecular weight is 255 g/mol. The molecule has 3 heteroatoms. The Morgan fingerprint density at radius 1 is 1.35 bits per heavy atom. The minimum Gasteiger partial charge on any atom is -0.396 e. The van der Waals surface area contributed by atoms with Crippen LogP contribution < -0.4 is 5.32 Å². The minimum absolute atomic E-state index is 0.303. The van der Waals surface area contributed by atoms with Crippen molar-refractivity contribution in [3.63, 3.8) is 0 Å². The number of rotatable bonds is 8. The fourth-order valence-electron chi connectivity index (χ4n) is 2.13. The maximum atomic E-state index is 9.04. The Morgan fingerprint density at radius 3 is 2.65 bits per heavy atom. The van der Waals surface area contributed by atoms with Crippen molar-refractivity contribution in [1.29, 1.82) is 0 Å². The molecule has 0 saturated heterocycles. The molecule has 1 aromatic rings. The topological polar surface area (TPSA) is 32.3 Å². The molecule has 0 aromatic carbocycles. The summed E-state index contributed by atoms with van der Waals surface area (Å²) in [6, 6.07) is 4.36. The van der Waals surface area contributed by atoms with Crippen LogP contribution in [-0.4, -0.2) is 18.3 Å². The highest BCUT2D eigenvalue weighted by molar-refractivity contribution is 7.11. The Hall–Kier alpha value is -0.380. The van der Waals surface area contributed by atoms with Crippen LogP contribution in [0.15, 0.2) is 12.1 Å². The Labute approximate surface area is 109 Å². The molecule has 1 rings (SSSR count). The first kappa shape index (κ1) is 14.7. The molecular weight excluding hydrogens is 230 g/mol. The highest BCUT2D eigenvalue weighted by Crippen LogP contribution is 2.16. The van der Waals surface area contributed by atoms with Gasteiger partial charge in [-0.2, -0.15) is 0 Å². The lowest BCUT2D eigenvalue weighted by Gasteiger charge is -2.18. The molecule has 1 aromatic heterocycles. The van der Waals surface area contributed by atoms with E-state index in [-0.39, 0.29) is 0 Å². The lowest BCUT2D eigenvalue weighted by atomic mass is 9.94. The van der Waals surface area contributed by atoms with E-state index in [4.69, 9.17) is 5.11 Å². The summed E-state index contributed by atoms with van der Waals surface area (Å²) in [4.78, 5) is 2.77. The molecule has 1 heterocycles. The number of hydrogen-bond donors (Lipinski definition) is 2. The summed E-state index contributed by atoms with van der Waals surface area (Å²) in [7, 11) is 0. The molecule has 17 heavy (non-hydrogen) atoms. The van der Waals surface area contributed by atoms with Gasteiger partial charge in [0.1, 0.15) is 0 Å². The van der Waals surface area contributed by atoms with Crippen molar-refractivity contribution in [1.82, 2.24) is 5.32 Å². The van der Waals surface area contributed by atoms with Gasteiger partial charge in [-0.1, -0.05) is 13.8 Å². The van der Waals surface area contributed by atoms with Crippen LogP contribution in [-0.2, 0) is 6.54 Å². The molecule has 1 unspecified atom stereocenters. The number of nitrogens with one attached hydrogen (secondary N) is 1. The predicted octanol–water partition coefficient (Wildman–Crippen LogP) is 3.19. The summed E-state index contributed by atoms with van der Waals surface area (Å²) < 4.78 is 0. The summed E-state index contributed by atoms with van der Waals surface area (Å²) in [5, 5.41) is 12.5. The van der Waals surface area contributed by atoms with E-state index in [1.54, 1.807) is 0 Å². The maximum absolute atomic E-state index is 9.04. The molecule has 0 aliphatic heterocycles. The molecule has 0 aliphatic rings. The van der Waals surface area contributed by atoms with E-state index in [1.807, 2.05) is 11.3 Å². The van der Waals surface area contributed by atoms with Gasteiger partial charge in [0.25, 0.3) is 0 Å². The van der Waals surface area contributed by atoms with Crippen LogP contribution in [0.4, 0.5) is 0 Å². The van der Waals surface area contributed by atoms with Gasteiger partial charge in [-0.15, -0.1) is 11.3 Å². The number of thiophene rings is 1. The summed E-state index contributed by atoms with van der Waals surface area (Å²) in [5.41, 5.74) is 0. The molecule has 1 atom stereocenters. The molecule has 0 amide bonds. The van der Waals surface area contributed by atoms with Crippen molar-refractivity contribution < 1.29 is 5.11 Å². The summed E-state index contributed by atoms with van der Waals surface area (Å²) in [5.74, 6) is 1.30. The van der Waals surface area contributed by atoms with Crippen molar-refractivity contribution in [2.24, 2.45) is 11.8 Å². The van der Waals surface area contributed by atoms with Gasteiger partial charge < -0.3 is 10.4 Å². The Morgan fingerprint density at radius 2 is 2.12 bits per heavy atom. The zero-order chi connectivity index (χ0) is 12.7. The van der Waals surface area contributed by atoms with Gasteiger partial charge in [-0.3, -0.25) is 0 Å². The summed E-state index contributed by atoms with van der Waals surface area (Å²) >= 11 is 1.85. The van der Waals surface area contributed by atoms with Gasteiger partial charge >= 0.3 is 0 Å². The van der Waals surface area contributed by atoms with E-state index in [0.29, 0.717) is 18.4 Å². The molecule has 0 spiro atoms. The maximum Gasteiger partial charge on any atom is 0.0434 e. The van der Waals surface area contributed by atoms with Crippen molar-refractivity contribution in [2.45, 2.75) is 40.2 Å². The zero-order valence-corrected chi connectivity index (χ0v) is 12.0. The number of aryl methyl sites for hydroxylation is 1. The number of aliphatic hydroxyl groups is 1. The molecule has 2 nitrogen and oxygen atoms in total. The molecule has 0 saturated carbocycles. The summed E-state index contributed by atoms with van der Waals surface area (Å²) in [6.07, 6.45) is 2.10. The molecule has 2 N–H and O–H groups in total. The quantitative estimate of drug-likeness (QED) is 0.747. The van der Waals surface area contributed by atoms with E-state index >= 15 is 0 Å². The van der Waals surface area contributed by atoms with Crippen molar-refractivity contribution in [3.8, 4) is 0 Å². The predicted molar refractivity (Wildman–Crippen MR) is 75.4 cm³/mol. The minimum atomic E-state index is 0.303. The smallest absolute Gasteiger partial charge is 0.0434 e. The lowest BCUT2D eigenvalue weighted by molar-refractivity contribution is 0.239. The molecule has 0 fully saturated rings. The summed E-state index contributed by atoms with van der Waals surface area (Å²) in [6.45, 7) is 8.90. The van der Waals surface area contributed by atoms with E-state index < -0.39 is 0 Å². The van der Waals surface area contributed by atoms with Crippen molar-refractivity contribution in [2.75, 3.05) is 13.2 Å². The average Bonchev–Trinajstić information content (AvgIpc) is 2.63. The Kier molecular flexibility index (Phi) is 6.78. The third-order valence-electron chi connectivity index (χ3n) is 2.87. The second-order valence-corrected chi connectivity index (χ2v) is 6.52. The highest BCUT2D eigenvalue weighted by Gasteiger charge is 2.10. The standard InChI is InChI=1S/C14H25NOS/c1-11(2)8-13(6-7-16)9-15-10-14-5-4-12(3)17-14/h4-5,11,13,15-16H,6-10H2,1-3H3. The number of hydrogen-bond acceptors (Lipinski definition) is 3. The molecule has 98 valence electrons. The van der Waals surface area contributed by atoms with Gasteiger partial charge in [0.05, 0.1) is 0 Å². The third kappa shape index (κ3) is 6.20. The van der Waals surface area contributed by atoms with Crippen LogP contribution in [0, 0.1) is 18.8 Å². The lowest BCUT2D eigenvalue weighted by Crippen LogP contribution is -2.24. The van der Waals surface area contributed by atoms with Gasteiger partial charge in [0.15, 0.2) is 0 Å². The Balaban J connectivity index is 2.26. The first-order valence-electron chi connectivity index (χ1n) is 6.48. The Bertz CT molecular complexity index is 309. The van der Waals surface area contributed by atoms with Crippen LogP contribution in [0.1, 0.15) is 36.4 Å². The molecule has 0 radical (unpaired) electrons. The normalized spacial score (nSPS) is 13.2. The first-order valence-corrected chi connectivity index (χ1v) is 7.30. The van der Waals surface area contributed by atoms with E-state index in [1.165, 1.54) is 16.2 Å². The van der Waals surface area contributed by atoms with E-state index in [9.17, 15) is 0 Å². The second-order valence-electron chi connectivity index (χ2n) is 5.15. The fourth-order valence-corrected chi connectivity index (χ4v) is 2.99. The molecule has 0 aliphatic carbocycles. The van der Waals surface area contributed by atoms with Gasteiger partial charge in [-0.25, -0.2) is 0 Å². The highest BCUT2D eigenvalue weighted by atomic mass is 32.1. The molecule has 0 bridgehead atoms. The second kappa shape index (κ2) is 7.85. The monoisotopic (exact) mass is 255 g/mol. The SMILES string of the molecule is Cc1ccc(CNCC(CCO)CC(C)C)s1. The van der Waals surface area contributed by atoms with Crippen LogP contribution in [0.25, 0.3) is 0 Å². The van der Waals surface area contributed by atoms with Gasteiger partial charge in [0, 0.05) is 22.9 Å². The molecular formula is C14H25NOS. The fraction of sp³-hybridized carbons (Fsp3) is 0.714. The van der Waals surface area contributed by atoms with Gasteiger partial charge in [-0.05, 0) is 50.3 Å². The van der Waals surface area contributed by atoms with Crippen molar-refractivity contribution in [3.05, 3.63) is 21.9 Å². The number of aliphatic hydroxyl groups excluding tert-OH is 1. The van der Waals surface area contributed by atoms with E-state index in [0.717, 1.165) is 19.5 Å². The van der Waals surface area contributed by atoms with Crippen LogP contribution in [0.2, 0.25) is 0 Å². The third-order valence-corrected chi connectivity index (χ3v) is 3.87. The van der Waals surface area contributed by atoms with Crippen LogP contribution in [0.5, 0.6) is 0 Å². The van der Waals surface area contributed by atoms with Crippen molar-refractivity contribution >= 4 is 11.3 Å². The van der Waals surface area contributed by atoms with E-state index in [2.05, 4.69) is 38.2 Å². The zero-order valence-electron chi connectivity index (χ0n) is 11.2. The van der Waals surface area contributed by atoms with Gasteiger partial charge in [0.2, 0.25) is 0 Å². The van der Waals surface area contributed by atoms with Crippen LogP contribution >= 0.6 is 11.3 Å².